The number of carbonyl (C=O) groups excluding carboxylic acids is 2. The molecule has 0 radical (unpaired) electrons. The van der Waals surface area contributed by atoms with Crippen LogP contribution in [0.1, 0.15) is 91.9 Å². The molecule has 0 saturated heterocycles. The molecule has 0 unspecified atom stereocenters. The highest BCUT2D eigenvalue weighted by Crippen LogP contribution is 2.70. The van der Waals surface area contributed by atoms with E-state index in [0.717, 1.165) is 73.7 Å². The number of rotatable bonds is 1. The highest BCUT2D eigenvalue weighted by molar-refractivity contribution is 5.96. The Labute approximate surface area is 203 Å². The Morgan fingerprint density at radius 3 is 1.50 bits per heavy atom. The van der Waals surface area contributed by atoms with Gasteiger partial charge in [0.1, 0.15) is 0 Å². The molecule has 0 amide bonds. The van der Waals surface area contributed by atoms with Gasteiger partial charge < -0.3 is 9.47 Å². The van der Waals surface area contributed by atoms with E-state index in [1.54, 1.807) is 0 Å². The van der Waals surface area contributed by atoms with Crippen molar-refractivity contribution in [3.63, 3.8) is 0 Å². The molecule has 0 aromatic heterocycles. The van der Waals surface area contributed by atoms with E-state index in [-0.39, 0.29) is 22.8 Å². The third kappa shape index (κ3) is 2.55. The lowest BCUT2D eigenvalue weighted by Gasteiger charge is -2.61. The second kappa shape index (κ2) is 6.77. The van der Waals surface area contributed by atoms with Crippen LogP contribution in [-0.4, -0.2) is 23.1 Å². The lowest BCUT2D eigenvalue weighted by molar-refractivity contribution is -0.209. The zero-order valence-corrected chi connectivity index (χ0v) is 21.3. The summed E-state index contributed by atoms with van der Waals surface area (Å²) < 4.78 is 13.1. The molecule has 6 aliphatic rings. The molecule has 4 saturated carbocycles. The molecule has 4 fully saturated rings. The smallest absolute Gasteiger partial charge is 0.334 e. The summed E-state index contributed by atoms with van der Waals surface area (Å²) in [5, 5.41) is 0. The Balaban J connectivity index is 1.57. The average Bonchev–Trinajstić information content (AvgIpc) is 3.16. The van der Waals surface area contributed by atoms with Crippen molar-refractivity contribution in [2.45, 2.75) is 103 Å². The summed E-state index contributed by atoms with van der Waals surface area (Å²) >= 11 is 0. The third-order valence-electron chi connectivity index (χ3n) is 11.0. The van der Waals surface area contributed by atoms with Gasteiger partial charge in [0, 0.05) is 24.0 Å². The fourth-order valence-electron chi connectivity index (χ4n) is 9.18. The molecule has 34 heavy (non-hydrogen) atoms. The molecule has 2 aliphatic heterocycles. The van der Waals surface area contributed by atoms with Crippen molar-refractivity contribution in [2.75, 3.05) is 0 Å². The van der Waals surface area contributed by atoms with Gasteiger partial charge in [-0.15, -0.1) is 0 Å². The largest absolute Gasteiger partial charge is 0.446 e. The fraction of sp³-hybridized carbons (Fsp3) is 0.667. The number of allylic oxidation sites excluding steroid dienone is 2. The van der Waals surface area contributed by atoms with E-state index in [1.807, 2.05) is 13.8 Å². The predicted octanol–water partition coefficient (Wildman–Crippen LogP) is 6.52. The monoisotopic (exact) mass is 462 g/mol. The second-order valence-electron chi connectivity index (χ2n) is 12.8. The van der Waals surface area contributed by atoms with E-state index in [1.165, 1.54) is 11.1 Å². The van der Waals surface area contributed by atoms with Gasteiger partial charge in [-0.3, -0.25) is 0 Å². The third-order valence-corrected chi connectivity index (χ3v) is 11.0. The maximum absolute atomic E-state index is 13.3. The van der Waals surface area contributed by atoms with Gasteiger partial charge in [0.2, 0.25) is 0 Å². The number of ether oxygens (including phenoxy) is 2. The summed E-state index contributed by atoms with van der Waals surface area (Å²) in [7, 11) is 0. The topological polar surface area (TPSA) is 52.6 Å². The molecule has 6 rings (SSSR count). The van der Waals surface area contributed by atoms with Crippen LogP contribution in [0.2, 0.25) is 0 Å². The van der Waals surface area contributed by atoms with E-state index in [9.17, 15) is 9.59 Å². The number of esters is 2. The molecule has 4 nitrogen and oxygen atoms in total. The molecule has 4 heteroatoms. The first-order chi connectivity index (χ1) is 16.0. The van der Waals surface area contributed by atoms with Crippen LogP contribution >= 0.6 is 0 Å². The molecule has 4 aliphatic carbocycles. The van der Waals surface area contributed by atoms with Crippen molar-refractivity contribution < 1.29 is 19.1 Å². The van der Waals surface area contributed by atoms with Gasteiger partial charge in [0.25, 0.3) is 0 Å². The molecule has 0 bridgehead atoms. The van der Waals surface area contributed by atoms with Crippen LogP contribution in [0, 0.1) is 22.7 Å². The molecular formula is C30H38O4. The Kier molecular flexibility index (Phi) is 4.45. The van der Waals surface area contributed by atoms with Gasteiger partial charge in [-0.1, -0.05) is 38.2 Å². The quantitative estimate of drug-likeness (QED) is 0.329. The normalized spacial score (nSPS) is 46.0. The fourth-order valence-corrected chi connectivity index (χ4v) is 9.18. The van der Waals surface area contributed by atoms with E-state index >= 15 is 0 Å². The number of carbonyl (C=O) groups is 2. The summed E-state index contributed by atoms with van der Waals surface area (Å²) in [6.07, 6.45) is 9.48. The minimum absolute atomic E-state index is 0.0274. The molecular weight excluding hydrogens is 424 g/mol. The van der Waals surface area contributed by atoms with Crippen molar-refractivity contribution in [1.29, 1.82) is 0 Å². The molecule has 6 atom stereocenters. The van der Waals surface area contributed by atoms with Crippen LogP contribution in [0.25, 0.3) is 0 Å². The van der Waals surface area contributed by atoms with Gasteiger partial charge in [0.05, 0.1) is 0 Å². The first-order valence-corrected chi connectivity index (χ1v) is 13.2. The Morgan fingerprint density at radius 2 is 1.12 bits per heavy atom. The molecule has 0 spiro atoms. The van der Waals surface area contributed by atoms with Crippen molar-refractivity contribution in [2.24, 2.45) is 22.7 Å². The Morgan fingerprint density at radius 1 is 0.735 bits per heavy atom. The molecule has 0 N–H and O–H groups in total. The summed E-state index contributed by atoms with van der Waals surface area (Å²) in [4.78, 5) is 26.5. The van der Waals surface area contributed by atoms with Gasteiger partial charge in [0.15, 0.2) is 11.2 Å². The summed E-state index contributed by atoms with van der Waals surface area (Å²) in [6, 6.07) is 0. The van der Waals surface area contributed by atoms with Gasteiger partial charge in [-0.25, -0.2) is 9.59 Å². The second-order valence-corrected chi connectivity index (χ2v) is 12.8. The SMILES string of the molecule is C=C1CCC[C@@]2(C)C[C@@]3([C@@]45C[C@@]6(C)CCCC(=C)[C@@H]6CC4=C(C)C(=O)O5)OC(=O)C(C)=C3C[C@H]12. The average molecular weight is 463 g/mol. The lowest BCUT2D eigenvalue weighted by atomic mass is 9.46. The summed E-state index contributed by atoms with van der Waals surface area (Å²) in [6.45, 7) is 17.4. The maximum Gasteiger partial charge on any atom is 0.334 e. The predicted molar refractivity (Wildman–Crippen MR) is 131 cm³/mol. The van der Waals surface area contributed by atoms with Crippen LogP contribution < -0.4 is 0 Å². The first kappa shape index (κ1) is 22.4. The highest BCUT2D eigenvalue weighted by Gasteiger charge is 2.74. The van der Waals surface area contributed by atoms with E-state index < -0.39 is 11.2 Å². The zero-order chi connectivity index (χ0) is 24.3. The minimum atomic E-state index is -0.910. The molecule has 0 aromatic carbocycles. The standard InChI is InChI=1S/C30H38O4/c1-17-9-7-11-27(5)15-29(23(13-21(17)27)19(3)25(31)33-29)30-16-28(6)12-8-10-18(2)22(28)14-24(30)20(4)26(32)34-30/h21-22H,1-2,7-16H2,3-6H3/t21-,22+,27+,28-,29-,30-/m1/s1. The van der Waals surface area contributed by atoms with Crippen LogP contribution in [-0.2, 0) is 19.1 Å². The van der Waals surface area contributed by atoms with Gasteiger partial charge in [-0.2, -0.15) is 0 Å². The summed E-state index contributed by atoms with van der Waals surface area (Å²) in [5.41, 5.74) is 4.30. The number of hydrogen-bond acceptors (Lipinski definition) is 4. The number of fused-ring (bicyclic) bond motifs is 5. The molecule has 2 heterocycles. The van der Waals surface area contributed by atoms with E-state index in [2.05, 4.69) is 27.0 Å². The van der Waals surface area contributed by atoms with Crippen molar-refractivity contribution in [1.82, 2.24) is 0 Å². The van der Waals surface area contributed by atoms with Crippen LogP contribution in [0.3, 0.4) is 0 Å². The Bertz CT molecular complexity index is 1030. The van der Waals surface area contributed by atoms with Crippen molar-refractivity contribution in [3.05, 3.63) is 46.6 Å². The zero-order valence-electron chi connectivity index (χ0n) is 21.3. The molecule has 0 aromatic rings. The summed E-state index contributed by atoms with van der Waals surface area (Å²) in [5.74, 6) is 0.213. The van der Waals surface area contributed by atoms with Crippen LogP contribution in [0.4, 0.5) is 0 Å². The van der Waals surface area contributed by atoms with Crippen LogP contribution in [0.15, 0.2) is 46.6 Å². The lowest BCUT2D eigenvalue weighted by Crippen LogP contribution is -2.66. The minimum Gasteiger partial charge on any atom is -0.446 e. The van der Waals surface area contributed by atoms with Gasteiger partial charge in [-0.05, 0) is 99.0 Å². The van der Waals surface area contributed by atoms with Crippen molar-refractivity contribution >= 4 is 11.9 Å². The maximum atomic E-state index is 13.3. The van der Waals surface area contributed by atoms with Crippen LogP contribution in [0.5, 0.6) is 0 Å². The number of hydrogen-bond donors (Lipinski definition) is 0. The Hall–Kier alpha value is -2.10. The van der Waals surface area contributed by atoms with E-state index in [4.69, 9.17) is 9.47 Å². The highest BCUT2D eigenvalue weighted by atomic mass is 16.6. The first-order valence-electron chi connectivity index (χ1n) is 13.2. The van der Waals surface area contributed by atoms with Crippen molar-refractivity contribution in [3.8, 4) is 0 Å². The molecule has 182 valence electrons. The van der Waals surface area contributed by atoms with Gasteiger partial charge >= 0.3 is 11.9 Å². The van der Waals surface area contributed by atoms with E-state index in [0.29, 0.717) is 24.7 Å².